The zero-order valence-corrected chi connectivity index (χ0v) is 15.7. The predicted octanol–water partition coefficient (Wildman–Crippen LogP) is 4.13. The first kappa shape index (κ1) is 19.4. The molecule has 0 fully saturated rings. The molecule has 2 heterocycles. The van der Waals surface area contributed by atoms with Crippen LogP contribution in [0.25, 0.3) is 0 Å². The summed E-state index contributed by atoms with van der Waals surface area (Å²) in [4.78, 5) is 33.3. The molecule has 0 radical (unpaired) electrons. The lowest BCUT2D eigenvalue weighted by Crippen LogP contribution is -2.24. The van der Waals surface area contributed by atoms with Gasteiger partial charge in [-0.15, -0.1) is 0 Å². The van der Waals surface area contributed by atoms with Crippen molar-refractivity contribution >= 4 is 40.6 Å². The molecule has 28 heavy (non-hydrogen) atoms. The molecule has 0 spiro atoms. The molecule has 2 aromatic heterocycles. The molecule has 0 saturated heterocycles. The minimum absolute atomic E-state index is 0.101. The lowest BCUT2D eigenvalue weighted by Gasteiger charge is -2.20. The number of benzene rings is 1. The normalized spacial score (nSPS) is 10.4. The third-order valence-corrected chi connectivity index (χ3v) is 4.22. The Morgan fingerprint density at radius 1 is 1.11 bits per heavy atom. The molecule has 0 aliphatic rings. The number of pyridine rings is 2. The fourth-order valence-electron chi connectivity index (χ4n) is 2.65. The van der Waals surface area contributed by atoms with Crippen molar-refractivity contribution < 1.29 is 14.0 Å². The standard InChI is InChI=1S/C20H16ClFN4O2/c1-13(27)26(16-7-9-23-18(22)12-16)19-11-15(6-8-24-19)25-20(28)10-14-4-2-3-5-17(14)21/h2-9,11-12H,10H2,1H3,(H,24,25,28). The maximum absolute atomic E-state index is 13.5. The van der Waals surface area contributed by atoms with Gasteiger partial charge in [0, 0.05) is 42.2 Å². The van der Waals surface area contributed by atoms with E-state index in [0.29, 0.717) is 16.3 Å². The van der Waals surface area contributed by atoms with E-state index in [1.54, 1.807) is 30.3 Å². The van der Waals surface area contributed by atoms with Crippen LogP contribution >= 0.6 is 11.6 Å². The van der Waals surface area contributed by atoms with Gasteiger partial charge in [-0.05, 0) is 23.8 Å². The second kappa shape index (κ2) is 8.58. The number of carbonyl (C=O) groups is 2. The number of carbonyl (C=O) groups excluding carboxylic acids is 2. The van der Waals surface area contributed by atoms with Gasteiger partial charge < -0.3 is 5.32 Å². The monoisotopic (exact) mass is 398 g/mol. The second-order valence-corrected chi connectivity index (χ2v) is 6.32. The summed E-state index contributed by atoms with van der Waals surface area (Å²) in [5.74, 6) is -1.10. The lowest BCUT2D eigenvalue weighted by atomic mass is 10.1. The smallest absolute Gasteiger partial charge is 0.229 e. The van der Waals surface area contributed by atoms with Crippen LogP contribution in [0.3, 0.4) is 0 Å². The van der Waals surface area contributed by atoms with E-state index in [0.717, 1.165) is 6.07 Å². The first-order valence-corrected chi connectivity index (χ1v) is 8.73. The zero-order valence-electron chi connectivity index (χ0n) is 14.9. The van der Waals surface area contributed by atoms with Crippen LogP contribution in [0.2, 0.25) is 5.02 Å². The molecule has 0 bridgehead atoms. The van der Waals surface area contributed by atoms with Gasteiger partial charge in [-0.2, -0.15) is 4.39 Å². The SMILES string of the molecule is CC(=O)N(c1ccnc(F)c1)c1cc(NC(=O)Cc2ccccc2Cl)ccn1. The summed E-state index contributed by atoms with van der Waals surface area (Å²) in [6.45, 7) is 1.34. The first-order chi connectivity index (χ1) is 13.4. The zero-order chi connectivity index (χ0) is 20.1. The third-order valence-electron chi connectivity index (χ3n) is 3.85. The van der Waals surface area contributed by atoms with E-state index in [2.05, 4.69) is 15.3 Å². The topological polar surface area (TPSA) is 75.2 Å². The highest BCUT2D eigenvalue weighted by molar-refractivity contribution is 6.31. The fourth-order valence-corrected chi connectivity index (χ4v) is 2.85. The number of aromatic nitrogens is 2. The summed E-state index contributed by atoms with van der Waals surface area (Å²) in [7, 11) is 0. The van der Waals surface area contributed by atoms with E-state index in [1.165, 1.54) is 36.4 Å². The number of anilines is 3. The van der Waals surface area contributed by atoms with E-state index < -0.39 is 5.95 Å². The molecule has 3 rings (SSSR count). The Hall–Kier alpha value is -3.32. The van der Waals surface area contributed by atoms with Crippen molar-refractivity contribution in [2.24, 2.45) is 0 Å². The van der Waals surface area contributed by atoms with Gasteiger partial charge in [0.2, 0.25) is 17.8 Å². The Morgan fingerprint density at radius 3 is 2.57 bits per heavy atom. The molecule has 0 atom stereocenters. The van der Waals surface area contributed by atoms with Crippen molar-refractivity contribution in [3.8, 4) is 0 Å². The quantitative estimate of drug-likeness (QED) is 0.655. The summed E-state index contributed by atoms with van der Waals surface area (Å²) in [6, 6.07) is 12.8. The Morgan fingerprint density at radius 2 is 1.86 bits per heavy atom. The molecule has 0 aliphatic carbocycles. The summed E-state index contributed by atoms with van der Waals surface area (Å²) < 4.78 is 13.5. The molecule has 142 valence electrons. The minimum atomic E-state index is -0.715. The molecule has 3 aromatic rings. The van der Waals surface area contributed by atoms with Crippen LogP contribution < -0.4 is 10.2 Å². The van der Waals surface area contributed by atoms with Gasteiger partial charge in [-0.25, -0.2) is 9.97 Å². The molecule has 1 aromatic carbocycles. The van der Waals surface area contributed by atoms with Crippen LogP contribution in [0.15, 0.2) is 60.9 Å². The van der Waals surface area contributed by atoms with Gasteiger partial charge in [0.05, 0.1) is 12.1 Å². The Balaban J connectivity index is 1.81. The first-order valence-electron chi connectivity index (χ1n) is 8.35. The number of halogens is 2. The molecule has 6 nitrogen and oxygen atoms in total. The number of nitrogens with zero attached hydrogens (tertiary/aromatic N) is 3. The fraction of sp³-hybridized carbons (Fsp3) is 0.100. The summed E-state index contributed by atoms with van der Waals surface area (Å²) in [5.41, 5.74) is 1.43. The molecular formula is C20H16ClFN4O2. The van der Waals surface area contributed by atoms with Crippen molar-refractivity contribution in [2.45, 2.75) is 13.3 Å². The van der Waals surface area contributed by atoms with Gasteiger partial charge in [0.15, 0.2) is 0 Å². The molecule has 0 aliphatic heterocycles. The average Bonchev–Trinajstić information content (AvgIpc) is 2.64. The van der Waals surface area contributed by atoms with Gasteiger partial charge in [0.25, 0.3) is 0 Å². The van der Waals surface area contributed by atoms with E-state index in [9.17, 15) is 14.0 Å². The van der Waals surface area contributed by atoms with Crippen molar-refractivity contribution in [3.05, 3.63) is 77.5 Å². The van der Waals surface area contributed by atoms with Gasteiger partial charge in [-0.1, -0.05) is 29.8 Å². The van der Waals surface area contributed by atoms with Crippen LogP contribution in [0.1, 0.15) is 12.5 Å². The van der Waals surface area contributed by atoms with Crippen molar-refractivity contribution in [1.29, 1.82) is 0 Å². The minimum Gasteiger partial charge on any atom is -0.326 e. The average molecular weight is 399 g/mol. The highest BCUT2D eigenvalue weighted by atomic mass is 35.5. The Bertz CT molecular complexity index is 1030. The Labute approximate surface area is 166 Å². The van der Waals surface area contributed by atoms with E-state index in [4.69, 9.17) is 11.6 Å². The predicted molar refractivity (Wildman–Crippen MR) is 105 cm³/mol. The number of rotatable bonds is 5. The molecule has 8 heteroatoms. The highest BCUT2D eigenvalue weighted by Crippen LogP contribution is 2.26. The number of hydrogen-bond acceptors (Lipinski definition) is 4. The van der Waals surface area contributed by atoms with Crippen LogP contribution in [-0.4, -0.2) is 21.8 Å². The maximum atomic E-state index is 13.5. The molecule has 1 N–H and O–H groups in total. The van der Waals surface area contributed by atoms with Crippen LogP contribution in [0.4, 0.5) is 21.6 Å². The van der Waals surface area contributed by atoms with Gasteiger partial charge in [0.1, 0.15) is 5.82 Å². The van der Waals surface area contributed by atoms with Crippen molar-refractivity contribution in [1.82, 2.24) is 9.97 Å². The van der Waals surface area contributed by atoms with E-state index in [1.807, 2.05) is 0 Å². The van der Waals surface area contributed by atoms with Crippen LogP contribution in [-0.2, 0) is 16.0 Å². The van der Waals surface area contributed by atoms with Crippen molar-refractivity contribution in [3.63, 3.8) is 0 Å². The van der Waals surface area contributed by atoms with Crippen LogP contribution in [0, 0.1) is 5.95 Å². The van der Waals surface area contributed by atoms with Crippen LogP contribution in [0.5, 0.6) is 0 Å². The van der Waals surface area contributed by atoms with Gasteiger partial charge in [-0.3, -0.25) is 14.5 Å². The molecular weight excluding hydrogens is 383 g/mol. The lowest BCUT2D eigenvalue weighted by molar-refractivity contribution is -0.116. The number of nitrogens with one attached hydrogen (secondary N) is 1. The molecule has 0 saturated carbocycles. The highest BCUT2D eigenvalue weighted by Gasteiger charge is 2.17. The molecule has 0 unspecified atom stereocenters. The third kappa shape index (κ3) is 4.69. The Kier molecular flexibility index (Phi) is 5.96. The second-order valence-electron chi connectivity index (χ2n) is 5.91. The van der Waals surface area contributed by atoms with Crippen molar-refractivity contribution in [2.75, 3.05) is 10.2 Å². The number of hydrogen-bond donors (Lipinski definition) is 1. The van der Waals surface area contributed by atoms with Gasteiger partial charge >= 0.3 is 0 Å². The van der Waals surface area contributed by atoms with E-state index >= 15 is 0 Å². The largest absolute Gasteiger partial charge is 0.326 e. The summed E-state index contributed by atoms with van der Waals surface area (Å²) >= 11 is 6.08. The molecule has 2 amide bonds. The number of amides is 2. The van der Waals surface area contributed by atoms with E-state index in [-0.39, 0.29) is 29.7 Å². The maximum Gasteiger partial charge on any atom is 0.229 e. The summed E-state index contributed by atoms with van der Waals surface area (Å²) in [5, 5.41) is 3.26. The summed E-state index contributed by atoms with van der Waals surface area (Å²) in [6.07, 6.45) is 2.81.